The number of carbonyl (C=O) groups is 1. The molecular weight excluding hydrogens is 235 g/mol. The monoisotopic (exact) mass is 252 g/mol. The quantitative estimate of drug-likeness (QED) is 0.742. The average Bonchev–Trinajstić information content (AvgIpc) is 2.32. The molecule has 1 saturated heterocycles. The van der Waals surface area contributed by atoms with Crippen LogP contribution in [0, 0.1) is 11.7 Å². The third kappa shape index (κ3) is 2.61. The molecule has 3 N–H and O–H groups in total. The Morgan fingerprint density at radius 2 is 2.33 bits per heavy atom. The topological polar surface area (TPSA) is 61.4 Å². The van der Waals surface area contributed by atoms with E-state index in [0.717, 1.165) is 19.0 Å². The third-order valence-electron chi connectivity index (χ3n) is 3.36. The summed E-state index contributed by atoms with van der Waals surface area (Å²) < 4.78 is 13.5. The molecule has 0 aromatic heterocycles. The lowest BCUT2D eigenvalue weighted by atomic mass is 9.94. The Morgan fingerprint density at radius 1 is 1.56 bits per heavy atom. The Morgan fingerprint density at radius 3 is 3.00 bits per heavy atom. The molecule has 4 nitrogen and oxygen atoms in total. The molecule has 1 amide bonds. The molecule has 1 heterocycles. The molecule has 1 aromatic rings. The Balaban J connectivity index is 2.12. The molecular formula is C13H17FN2O2. The van der Waals surface area contributed by atoms with Gasteiger partial charge in [0.05, 0.1) is 0 Å². The summed E-state index contributed by atoms with van der Waals surface area (Å²) in [5.74, 6) is -1.26. The number of aromatic hydroxyl groups is 1. The van der Waals surface area contributed by atoms with E-state index in [1.165, 1.54) is 12.1 Å². The second kappa shape index (κ2) is 5.35. The first-order valence-corrected chi connectivity index (χ1v) is 6.08. The van der Waals surface area contributed by atoms with Gasteiger partial charge >= 0.3 is 0 Å². The van der Waals surface area contributed by atoms with E-state index in [-0.39, 0.29) is 17.4 Å². The molecule has 0 spiro atoms. The molecule has 0 aliphatic carbocycles. The van der Waals surface area contributed by atoms with Crippen molar-refractivity contribution in [1.29, 1.82) is 0 Å². The summed E-state index contributed by atoms with van der Waals surface area (Å²) in [6.45, 7) is 3.65. The maximum Gasteiger partial charge on any atom is 0.258 e. The van der Waals surface area contributed by atoms with Gasteiger partial charge in [0.15, 0.2) is 0 Å². The largest absolute Gasteiger partial charge is 0.507 e. The fraction of sp³-hybridized carbons (Fsp3) is 0.462. The fourth-order valence-corrected chi connectivity index (χ4v) is 2.16. The minimum Gasteiger partial charge on any atom is -0.507 e. The van der Waals surface area contributed by atoms with Gasteiger partial charge in [-0.15, -0.1) is 0 Å². The van der Waals surface area contributed by atoms with Crippen molar-refractivity contribution in [3.8, 4) is 5.75 Å². The zero-order valence-electron chi connectivity index (χ0n) is 10.2. The van der Waals surface area contributed by atoms with Crippen molar-refractivity contribution in [2.45, 2.75) is 19.4 Å². The van der Waals surface area contributed by atoms with Crippen LogP contribution in [0.4, 0.5) is 4.39 Å². The van der Waals surface area contributed by atoms with E-state index in [1.807, 2.05) is 6.92 Å². The van der Waals surface area contributed by atoms with Crippen LogP contribution in [0.3, 0.4) is 0 Å². The standard InChI is InChI=1S/C13H17FN2O2/c1-8-5-6-15-7-10(8)16-13(18)12-9(14)3-2-4-11(12)17/h2-4,8,10,15,17H,5-7H2,1H3,(H,16,18). The van der Waals surface area contributed by atoms with Crippen molar-refractivity contribution < 1.29 is 14.3 Å². The Bertz CT molecular complexity index is 430. The number of phenols is 1. The maximum absolute atomic E-state index is 13.5. The summed E-state index contributed by atoms with van der Waals surface area (Å²) in [6, 6.07) is 3.80. The van der Waals surface area contributed by atoms with Crippen LogP contribution in [0.5, 0.6) is 5.75 Å². The van der Waals surface area contributed by atoms with Crippen molar-refractivity contribution in [3.63, 3.8) is 0 Å². The van der Waals surface area contributed by atoms with Crippen LogP contribution in [0.25, 0.3) is 0 Å². The van der Waals surface area contributed by atoms with Crippen LogP contribution in [-0.4, -0.2) is 30.1 Å². The lowest BCUT2D eigenvalue weighted by Gasteiger charge is -2.30. The van der Waals surface area contributed by atoms with Crippen LogP contribution in [0.1, 0.15) is 23.7 Å². The Kier molecular flexibility index (Phi) is 3.81. The summed E-state index contributed by atoms with van der Waals surface area (Å²) in [5.41, 5.74) is -0.282. The van der Waals surface area contributed by atoms with Crippen molar-refractivity contribution in [3.05, 3.63) is 29.6 Å². The molecule has 18 heavy (non-hydrogen) atoms. The highest BCUT2D eigenvalue weighted by Gasteiger charge is 2.25. The normalized spacial score (nSPS) is 23.7. The Hall–Kier alpha value is -1.62. The van der Waals surface area contributed by atoms with E-state index < -0.39 is 11.7 Å². The number of halogens is 1. The smallest absolute Gasteiger partial charge is 0.258 e. The minimum absolute atomic E-state index is 0.0368. The minimum atomic E-state index is -0.705. The van der Waals surface area contributed by atoms with Crippen molar-refractivity contribution in [1.82, 2.24) is 10.6 Å². The third-order valence-corrected chi connectivity index (χ3v) is 3.36. The van der Waals surface area contributed by atoms with Gasteiger partial charge in [-0.1, -0.05) is 13.0 Å². The maximum atomic E-state index is 13.5. The van der Waals surface area contributed by atoms with E-state index in [9.17, 15) is 14.3 Å². The molecule has 1 aromatic carbocycles. The van der Waals surface area contributed by atoms with Gasteiger partial charge in [-0.05, 0) is 31.0 Å². The van der Waals surface area contributed by atoms with Crippen molar-refractivity contribution in [2.24, 2.45) is 5.92 Å². The molecule has 1 fully saturated rings. The second-order valence-corrected chi connectivity index (χ2v) is 4.68. The highest BCUT2D eigenvalue weighted by atomic mass is 19.1. The molecule has 1 aliphatic rings. The summed E-state index contributed by atoms with van der Waals surface area (Å²) in [7, 11) is 0. The molecule has 5 heteroatoms. The summed E-state index contributed by atoms with van der Waals surface area (Å²) in [4.78, 5) is 12.0. The van der Waals surface area contributed by atoms with Crippen LogP contribution in [0.15, 0.2) is 18.2 Å². The molecule has 2 unspecified atom stereocenters. The molecule has 2 atom stereocenters. The highest BCUT2D eigenvalue weighted by molar-refractivity contribution is 5.97. The second-order valence-electron chi connectivity index (χ2n) is 4.68. The van der Waals surface area contributed by atoms with Gasteiger partial charge in [0, 0.05) is 12.6 Å². The summed E-state index contributed by atoms with van der Waals surface area (Å²) in [6.07, 6.45) is 0.966. The molecule has 0 bridgehead atoms. The van der Waals surface area contributed by atoms with E-state index in [2.05, 4.69) is 10.6 Å². The van der Waals surface area contributed by atoms with Crippen molar-refractivity contribution >= 4 is 5.91 Å². The number of rotatable bonds is 2. The number of benzene rings is 1. The van der Waals surface area contributed by atoms with E-state index in [1.54, 1.807) is 0 Å². The van der Waals surface area contributed by atoms with E-state index >= 15 is 0 Å². The number of hydrogen-bond donors (Lipinski definition) is 3. The predicted molar refractivity (Wildman–Crippen MR) is 66.0 cm³/mol. The highest BCUT2D eigenvalue weighted by Crippen LogP contribution is 2.20. The molecule has 0 radical (unpaired) electrons. The van der Waals surface area contributed by atoms with Crippen molar-refractivity contribution in [2.75, 3.05) is 13.1 Å². The average molecular weight is 252 g/mol. The molecule has 2 rings (SSSR count). The van der Waals surface area contributed by atoms with Gasteiger partial charge in [-0.2, -0.15) is 0 Å². The number of piperidine rings is 1. The number of phenolic OH excluding ortho intramolecular Hbond substituents is 1. The van der Waals surface area contributed by atoms with Crippen LogP contribution >= 0.6 is 0 Å². The summed E-state index contributed by atoms with van der Waals surface area (Å²) in [5, 5.41) is 15.5. The van der Waals surface area contributed by atoms with Gasteiger partial charge in [-0.3, -0.25) is 4.79 Å². The van der Waals surface area contributed by atoms with Gasteiger partial charge in [-0.25, -0.2) is 4.39 Å². The molecule has 98 valence electrons. The van der Waals surface area contributed by atoms with Crippen LogP contribution < -0.4 is 10.6 Å². The Labute approximate surface area is 105 Å². The molecule has 1 aliphatic heterocycles. The first-order chi connectivity index (χ1) is 8.59. The van der Waals surface area contributed by atoms with Crippen LogP contribution in [-0.2, 0) is 0 Å². The van der Waals surface area contributed by atoms with E-state index in [4.69, 9.17) is 0 Å². The van der Waals surface area contributed by atoms with Gasteiger partial charge in [0.2, 0.25) is 0 Å². The lowest BCUT2D eigenvalue weighted by Crippen LogP contribution is -2.50. The van der Waals surface area contributed by atoms with Gasteiger partial charge in [0.25, 0.3) is 5.91 Å². The zero-order chi connectivity index (χ0) is 13.1. The number of hydrogen-bond acceptors (Lipinski definition) is 3. The zero-order valence-corrected chi connectivity index (χ0v) is 10.2. The fourth-order valence-electron chi connectivity index (χ4n) is 2.16. The SMILES string of the molecule is CC1CCNCC1NC(=O)c1c(O)cccc1F. The first-order valence-electron chi connectivity index (χ1n) is 6.08. The van der Waals surface area contributed by atoms with Gasteiger partial charge < -0.3 is 15.7 Å². The first kappa shape index (κ1) is 12.8. The summed E-state index contributed by atoms with van der Waals surface area (Å²) >= 11 is 0. The molecule has 0 saturated carbocycles. The van der Waals surface area contributed by atoms with E-state index in [0.29, 0.717) is 12.5 Å². The number of amides is 1. The number of nitrogens with one attached hydrogen (secondary N) is 2. The van der Waals surface area contributed by atoms with Gasteiger partial charge in [0.1, 0.15) is 17.1 Å². The van der Waals surface area contributed by atoms with Crippen LogP contribution in [0.2, 0.25) is 0 Å². The lowest BCUT2D eigenvalue weighted by molar-refractivity contribution is 0.0908. The predicted octanol–water partition coefficient (Wildman–Crippen LogP) is 1.26. The number of carbonyl (C=O) groups excluding carboxylic acids is 1.